The number of carbonyl (C=O) groups excluding carboxylic acids is 1. The van der Waals surface area contributed by atoms with Crippen molar-refractivity contribution in [1.82, 2.24) is 5.32 Å². The zero-order chi connectivity index (χ0) is 20.4. The predicted octanol–water partition coefficient (Wildman–Crippen LogP) is 4.61. The highest BCUT2D eigenvalue weighted by Gasteiger charge is 2.12. The molecule has 2 rings (SSSR count). The number of carbonyl (C=O) groups is 1. The van der Waals surface area contributed by atoms with Crippen molar-refractivity contribution < 1.29 is 23.0 Å². The lowest BCUT2D eigenvalue weighted by atomic mass is 9.98. The molecule has 0 aliphatic carbocycles. The van der Waals surface area contributed by atoms with Gasteiger partial charge in [0.25, 0.3) is 0 Å². The third-order valence-electron chi connectivity index (χ3n) is 4.48. The first kappa shape index (κ1) is 21.7. The van der Waals surface area contributed by atoms with Crippen LogP contribution in [0.25, 0.3) is 0 Å². The van der Waals surface area contributed by atoms with E-state index in [1.54, 1.807) is 12.1 Å². The average Bonchev–Trinajstić information content (AvgIpc) is 2.67. The van der Waals surface area contributed by atoms with E-state index in [9.17, 15) is 13.6 Å². The molecule has 0 aliphatic heterocycles. The number of hydrogen-bond donors (Lipinski definition) is 1. The molecule has 1 unspecified atom stereocenters. The third-order valence-corrected chi connectivity index (χ3v) is 4.48. The minimum absolute atomic E-state index is 0.00173. The maximum absolute atomic E-state index is 12.5. The Morgan fingerprint density at radius 2 is 1.79 bits per heavy atom. The lowest BCUT2D eigenvalue weighted by molar-refractivity contribution is -0.121. The molecule has 0 radical (unpaired) electrons. The van der Waals surface area contributed by atoms with Gasteiger partial charge in [-0.05, 0) is 48.4 Å². The van der Waals surface area contributed by atoms with Crippen LogP contribution in [0, 0.1) is 5.92 Å². The number of ether oxygens (including phenoxy) is 2. The quantitative estimate of drug-likeness (QED) is 0.608. The largest absolute Gasteiger partial charge is 0.493 e. The molecule has 1 N–H and O–H groups in total. The van der Waals surface area contributed by atoms with Crippen LogP contribution in [-0.2, 0) is 17.6 Å². The van der Waals surface area contributed by atoms with Crippen molar-refractivity contribution in [2.75, 3.05) is 13.7 Å². The Kier molecular flexibility index (Phi) is 8.72. The molecular formula is C22H27F2NO3. The summed E-state index contributed by atoms with van der Waals surface area (Å²) in [6, 6.07) is 15.1. The van der Waals surface area contributed by atoms with Crippen LogP contribution >= 0.6 is 0 Å². The second-order valence-electron chi connectivity index (χ2n) is 6.80. The van der Waals surface area contributed by atoms with E-state index in [1.165, 1.54) is 18.7 Å². The van der Waals surface area contributed by atoms with E-state index in [1.807, 2.05) is 18.2 Å². The van der Waals surface area contributed by atoms with E-state index in [-0.39, 0.29) is 23.3 Å². The number of methoxy groups -OCH3 is 1. The van der Waals surface area contributed by atoms with Crippen LogP contribution in [0.1, 0.15) is 30.9 Å². The topological polar surface area (TPSA) is 47.6 Å². The number of rotatable bonds is 11. The van der Waals surface area contributed by atoms with Crippen LogP contribution in [-0.4, -0.2) is 26.2 Å². The van der Waals surface area contributed by atoms with Gasteiger partial charge in [-0.25, -0.2) is 0 Å². The molecule has 2 aromatic rings. The molecule has 4 nitrogen and oxygen atoms in total. The molecule has 1 atom stereocenters. The van der Waals surface area contributed by atoms with E-state index >= 15 is 0 Å². The predicted molar refractivity (Wildman–Crippen MR) is 105 cm³/mol. The Labute approximate surface area is 164 Å². The van der Waals surface area contributed by atoms with Crippen LogP contribution in [0.3, 0.4) is 0 Å². The summed E-state index contributed by atoms with van der Waals surface area (Å²) in [4.78, 5) is 12.1. The van der Waals surface area contributed by atoms with E-state index < -0.39 is 6.61 Å². The summed E-state index contributed by atoms with van der Waals surface area (Å²) in [5.74, 6) is 0.529. The Bertz CT molecular complexity index is 738. The van der Waals surface area contributed by atoms with Crippen LogP contribution < -0.4 is 14.8 Å². The maximum atomic E-state index is 12.5. The molecule has 0 saturated heterocycles. The van der Waals surface area contributed by atoms with E-state index in [0.717, 1.165) is 18.4 Å². The third kappa shape index (κ3) is 7.55. The second kappa shape index (κ2) is 11.3. The highest BCUT2D eigenvalue weighted by Crippen LogP contribution is 2.29. The van der Waals surface area contributed by atoms with Gasteiger partial charge in [-0.15, -0.1) is 0 Å². The van der Waals surface area contributed by atoms with Gasteiger partial charge in [0, 0.05) is 13.0 Å². The minimum Gasteiger partial charge on any atom is -0.493 e. The fourth-order valence-electron chi connectivity index (χ4n) is 2.96. The van der Waals surface area contributed by atoms with Crippen LogP contribution in [0.2, 0.25) is 0 Å². The summed E-state index contributed by atoms with van der Waals surface area (Å²) in [5, 5.41) is 2.89. The molecule has 0 spiro atoms. The van der Waals surface area contributed by atoms with Gasteiger partial charge in [-0.3, -0.25) is 4.79 Å². The van der Waals surface area contributed by atoms with Gasteiger partial charge in [-0.2, -0.15) is 8.78 Å². The number of hydrogen-bond acceptors (Lipinski definition) is 3. The zero-order valence-electron chi connectivity index (χ0n) is 16.3. The number of amides is 1. The molecule has 0 saturated carbocycles. The molecule has 6 heteroatoms. The smallest absolute Gasteiger partial charge is 0.387 e. The fraction of sp³-hybridized carbons (Fsp3) is 0.409. The van der Waals surface area contributed by atoms with Crippen LogP contribution in [0.5, 0.6) is 11.5 Å². The standard InChI is InChI=1S/C22H27F2NO3/c1-16(8-9-17-6-4-3-5-7-17)14-21(26)25-13-12-18-10-11-19(27-2)20(15-18)28-22(23)24/h3-7,10-11,15-16,22H,8-9,12-14H2,1-2H3,(H,25,26). The SMILES string of the molecule is COc1ccc(CCNC(=O)CC(C)CCc2ccccc2)cc1OC(F)F. The van der Waals surface area contributed by atoms with Gasteiger partial charge in [0.2, 0.25) is 5.91 Å². The summed E-state index contributed by atoms with van der Waals surface area (Å²) in [7, 11) is 1.40. The molecule has 1 amide bonds. The van der Waals surface area contributed by atoms with Crippen molar-refractivity contribution in [2.45, 2.75) is 39.2 Å². The number of alkyl halides is 2. The fourth-order valence-corrected chi connectivity index (χ4v) is 2.96. The molecule has 0 fully saturated rings. The van der Waals surface area contributed by atoms with Crippen molar-refractivity contribution >= 4 is 5.91 Å². The molecule has 2 aromatic carbocycles. The minimum atomic E-state index is -2.92. The summed E-state index contributed by atoms with van der Waals surface area (Å²) in [6.07, 6.45) is 2.89. The number of nitrogens with one attached hydrogen (secondary N) is 1. The summed E-state index contributed by atoms with van der Waals surface area (Å²) >= 11 is 0. The van der Waals surface area contributed by atoms with Crippen molar-refractivity contribution in [3.05, 3.63) is 59.7 Å². The number of halogens is 2. The zero-order valence-corrected chi connectivity index (χ0v) is 16.3. The van der Waals surface area contributed by atoms with E-state index in [4.69, 9.17) is 4.74 Å². The maximum Gasteiger partial charge on any atom is 0.387 e. The van der Waals surface area contributed by atoms with Crippen LogP contribution in [0.4, 0.5) is 8.78 Å². The lowest BCUT2D eigenvalue weighted by Crippen LogP contribution is -2.27. The van der Waals surface area contributed by atoms with Crippen molar-refractivity contribution in [2.24, 2.45) is 5.92 Å². The summed E-state index contributed by atoms with van der Waals surface area (Å²) < 4.78 is 34.5. The molecule has 0 aromatic heterocycles. The van der Waals surface area contributed by atoms with Crippen molar-refractivity contribution in [1.29, 1.82) is 0 Å². The Morgan fingerprint density at radius 3 is 2.46 bits per heavy atom. The second-order valence-corrected chi connectivity index (χ2v) is 6.80. The van der Waals surface area contributed by atoms with E-state index in [0.29, 0.717) is 19.4 Å². The highest BCUT2D eigenvalue weighted by molar-refractivity contribution is 5.76. The van der Waals surface area contributed by atoms with Gasteiger partial charge in [0.15, 0.2) is 11.5 Å². The number of aryl methyl sites for hydroxylation is 1. The van der Waals surface area contributed by atoms with Gasteiger partial charge in [0.05, 0.1) is 7.11 Å². The molecule has 28 heavy (non-hydrogen) atoms. The first-order valence-corrected chi connectivity index (χ1v) is 9.40. The molecular weight excluding hydrogens is 364 g/mol. The first-order valence-electron chi connectivity index (χ1n) is 9.40. The molecule has 0 bridgehead atoms. The first-order chi connectivity index (χ1) is 13.5. The van der Waals surface area contributed by atoms with E-state index in [2.05, 4.69) is 29.1 Å². The van der Waals surface area contributed by atoms with Crippen LogP contribution in [0.15, 0.2) is 48.5 Å². The molecule has 152 valence electrons. The molecule has 0 heterocycles. The Hall–Kier alpha value is -2.63. The summed E-state index contributed by atoms with van der Waals surface area (Å²) in [5.41, 5.74) is 2.06. The highest BCUT2D eigenvalue weighted by atomic mass is 19.3. The van der Waals surface area contributed by atoms with Crippen molar-refractivity contribution in [3.8, 4) is 11.5 Å². The van der Waals surface area contributed by atoms with Gasteiger partial charge >= 0.3 is 6.61 Å². The molecule has 0 aliphatic rings. The Morgan fingerprint density at radius 1 is 1.04 bits per heavy atom. The normalized spacial score (nSPS) is 11.9. The number of benzene rings is 2. The van der Waals surface area contributed by atoms with Gasteiger partial charge < -0.3 is 14.8 Å². The average molecular weight is 391 g/mol. The lowest BCUT2D eigenvalue weighted by Gasteiger charge is -2.13. The summed E-state index contributed by atoms with van der Waals surface area (Å²) in [6.45, 7) is -0.411. The van der Waals surface area contributed by atoms with Gasteiger partial charge in [-0.1, -0.05) is 43.3 Å². The van der Waals surface area contributed by atoms with Gasteiger partial charge in [0.1, 0.15) is 0 Å². The van der Waals surface area contributed by atoms with Crippen molar-refractivity contribution in [3.63, 3.8) is 0 Å². The monoisotopic (exact) mass is 391 g/mol. The Balaban J connectivity index is 1.74.